The van der Waals surface area contributed by atoms with Gasteiger partial charge in [0.15, 0.2) is 0 Å². The molecule has 2 aromatic carbocycles. The Morgan fingerprint density at radius 3 is 2.59 bits per heavy atom. The third-order valence-corrected chi connectivity index (χ3v) is 5.28. The van der Waals surface area contributed by atoms with Crippen LogP contribution in [0.2, 0.25) is 0 Å². The van der Waals surface area contributed by atoms with Gasteiger partial charge in [0.2, 0.25) is 11.8 Å². The first-order valence-corrected chi connectivity index (χ1v) is 9.68. The van der Waals surface area contributed by atoms with Crippen LogP contribution in [0.5, 0.6) is 0 Å². The number of carbonyl (C=O) groups excluding carboxylic acids is 1. The molecule has 0 radical (unpaired) electrons. The summed E-state index contributed by atoms with van der Waals surface area (Å²) in [5.41, 5.74) is 4.41. The summed E-state index contributed by atoms with van der Waals surface area (Å²) in [6.07, 6.45) is 0.763. The molecule has 0 atom stereocenters. The largest absolute Gasteiger partial charge is 0.419 e. The standard InChI is InChI=1S/C22H21N3O4/c1-14-11-15(2)19-17(12-14)22(27-9-6-10-28-22)21(26)25(19)13-18-23-24-20(29-18)16-7-4-3-5-8-16/h3-5,7-8,11-12H,6,9-10,13H2,1-2H3. The number of hydrogen-bond acceptors (Lipinski definition) is 6. The fourth-order valence-corrected chi connectivity index (χ4v) is 4.08. The molecule has 148 valence electrons. The van der Waals surface area contributed by atoms with Crippen molar-refractivity contribution in [2.45, 2.75) is 32.6 Å². The summed E-state index contributed by atoms with van der Waals surface area (Å²) in [6, 6.07) is 13.6. The fourth-order valence-electron chi connectivity index (χ4n) is 4.08. The molecule has 1 fully saturated rings. The summed E-state index contributed by atoms with van der Waals surface area (Å²) in [7, 11) is 0. The third kappa shape index (κ3) is 2.85. The number of aromatic nitrogens is 2. The van der Waals surface area contributed by atoms with Crippen molar-refractivity contribution < 1.29 is 18.7 Å². The minimum atomic E-state index is -1.38. The van der Waals surface area contributed by atoms with Crippen LogP contribution in [0.3, 0.4) is 0 Å². The monoisotopic (exact) mass is 391 g/mol. The zero-order valence-electron chi connectivity index (χ0n) is 16.3. The SMILES string of the molecule is Cc1cc(C)c2c(c1)C1(OCCCO1)C(=O)N2Cc1nnc(-c2ccccc2)o1. The summed E-state index contributed by atoms with van der Waals surface area (Å²) in [5, 5.41) is 8.28. The Balaban J connectivity index is 1.53. The van der Waals surface area contributed by atoms with Crippen LogP contribution in [0.15, 0.2) is 46.9 Å². The Morgan fingerprint density at radius 2 is 1.83 bits per heavy atom. The maximum Gasteiger partial charge on any atom is 0.293 e. The topological polar surface area (TPSA) is 77.7 Å². The Kier molecular flexibility index (Phi) is 4.22. The highest BCUT2D eigenvalue weighted by Gasteiger charge is 2.55. The number of rotatable bonds is 3. The lowest BCUT2D eigenvalue weighted by Crippen LogP contribution is -2.47. The van der Waals surface area contributed by atoms with E-state index in [0.717, 1.165) is 34.4 Å². The molecule has 29 heavy (non-hydrogen) atoms. The van der Waals surface area contributed by atoms with E-state index in [9.17, 15) is 4.79 Å². The lowest BCUT2D eigenvalue weighted by Gasteiger charge is -2.32. The number of anilines is 1. The zero-order chi connectivity index (χ0) is 20.0. The van der Waals surface area contributed by atoms with Gasteiger partial charge in [-0.15, -0.1) is 10.2 Å². The highest BCUT2D eigenvalue weighted by atomic mass is 16.7. The smallest absolute Gasteiger partial charge is 0.293 e. The van der Waals surface area contributed by atoms with Gasteiger partial charge in [0.1, 0.15) is 6.54 Å². The first-order valence-electron chi connectivity index (χ1n) is 9.68. The molecule has 1 saturated heterocycles. The second-order valence-corrected chi connectivity index (χ2v) is 7.40. The van der Waals surface area contributed by atoms with Gasteiger partial charge in [-0.1, -0.05) is 29.8 Å². The van der Waals surface area contributed by atoms with Gasteiger partial charge in [-0.3, -0.25) is 9.69 Å². The molecule has 0 N–H and O–H groups in total. The van der Waals surface area contributed by atoms with Crippen LogP contribution in [0.4, 0.5) is 5.69 Å². The molecule has 1 amide bonds. The number of ether oxygens (including phenoxy) is 2. The number of aryl methyl sites for hydroxylation is 2. The molecule has 0 unspecified atom stereocenters. The molecular weight excluding hydrogens is 370 g/mol. The van der Waals surface area contributed by atoms with E-state index in [1.807, 2.05) is 56.3 Å². The van der Waals surface area contributed by atoms with Crippen molar-refractivity contribution in [2.24, 2.45) is 0 Å². The van der Waals surface area contributed by atoms with E-state index in [2.05, 4.69) is 10.2 Å². The quantitative estimate of drug-likeness (QED) is 0.680. The van der Waals surface area contributed by atoms with Crippen molar-refractivity contribution >= 4 is 11.6 Å². The van der Waals surface area contributed by atoms with Crippen LogP contribution in [-0.4, -0.2) is 29.3 Å². The van der Waals surface area contributed by atoms with Crippen LogP contribution in [-0.2, 0) is 26.6 Å². The number of hydrogen-bond donors (Lipinski definition) is 0. The van der Waals surface area contributed by atoms with Crippen molar-refractivity contribution in [2.75, 3.05) is 18.1 Å². The summed E-state index contributed by atoms with van der Waals surface area (Å²) in [4.78, 5) is 15.1. The maximum atomic E-state index is 13.5. The minimum absolute atomic E-state index is 0.157. The van der Waals surface area contributed by atoms with Gasteiger partial charge in [0.05, 0.1) is 18.9 Å². The molecule has 1 aromatic heterocycles. The molecule has 5 rings (SSSR count). The Bertz CT molecular complexity index is 1070. The van der Waals surface area contributed by atoms with Gasteiger partial charge >= 0.3 is 0 Å². The normalized spacial score (nSPS) is 17.7. The molecule has 3 aromatic rings. The Hall–Kier alpha value is -3.03. The summed E-state index contributed by atoms with van der Waals surface area (Å²) in [5.74, 6) is -0.851. The predicted molar refractivity (Wildman–Crippen MR) is 105 cm³/mol. The Morgan fingerprint density at radius 1 is 1.07 bits per heavy atom. The zero-order valence-corrected chi connectivity index (χ0v) is 16.3. The number of amides is 1. The van der Waals surface area contributed by atoms with Crippen LogP contribution in [0.1, 0.15) is 29.0 Å². The second kappa shape index (κ2) is 6.79. The molecule has 7 nitrogen and oxygen atoms in total. The number of carbonyl (C=O) groups is 1. The van der Waals surface area contributed by atoms with E-state index in [4.69, 9.17) is 13.9 Å². The van der Waals surface area contributed by atoms with Gasteiger partial charge in [0.25, 0.3) is 11.7 Å². The Labute approximate surface area is 168 Å². The van der Waals surface area contributed by atoms with E-state index in [-0.39, 0.29) is 12.5 Å². The molecule has 3 heterocycles. The first-order chi connectivity index (χ1) is 14.1. The summed E-state index contributed by atoms with van der Waals surface area (Å²) in [6.45, 7) is 5.09. The van der Waals surface area contributed by atoms with E-state index >= 15 is 0 Å². The molecule has 0 saturated carbocycles. The lowest BCUT2D eigenvalue weighted by molar-refractivity contribution is -0.256. The molecule has 0 bridgehead atoms. The van der Waals surface area contributed by atoms with Gasteiger partial charge in [-0.05, 0) is 44.0 Å². The van der Waals surface area contributed by atoms with E-state index < -0.39 is 5.79 Å². The predicted octanol–water partition coefficient (Wildman–Crippen LogP) is 3.49. The van der Waals surface area contributed by atoms with Gasteiger partial charge < -0.3 is 13.9 Å². The fraction of sp³-hybridized carbons (Fsp3) is 0.318. The van der Waals surface area contributed by atoms with Gasteiger partial charge in [-0.2, -0.15) is 0 Å². The highest BCUT2D eigenvalue weighted by Crippen LogP contribution is 2.47. The van der Waals surface area contributed by atoms with Gasteiger partial charge in [-0.25, -0.2) is 0 Å². The van der Waals surface area contributed by atoms with E-state index in [1.165, 1.54) is 0 Å². The first kappa shape index (κ1) is 18.0. The van der Waals surface area contributed by atoms with Crippen LogP contribution in [0.25, 0.3) is 11.5 Å². The van der Waals surface area contributed by atoms with E-state index in [0.29, 0.717) is 25.0 Å². The van der Waals surface area contributed by atoms with Crippen molar-refractivity contribution in [1.82, 2.24) is 10.2 Å². The summed E-state index contributed by atoms with van der Waals surface area (Å²) < 4.78 is 17.7. The number of fused-ring (bicyclic) bond motifs is 2. The average molecular weight is 391 g/mol. The number of benzene rings is 2. The van der Waals surface area contributed by atoms with Crippen LogP contribution < -0.4 is 4.90 Å². The minimum Gasteiger partial charge on any atom is -0.419 e. The molecule has 2 aliphatic heterocycles. The second-order valence-electron chi connectivity index (χ2n) is 7.40. The van der Waals surface area contributed by atoms with Crippen molar-refractivity contribution in [3.05, 3.63) is 65.0 Å². The summed E-state index contributed by atoms with van der Waals surface area (Å²) >= 11 is 0. The molecule has 1 spiro atoms. The molecule has 7 heteroatoms. The van der Waals surface area contributed by atoms with Gasteiger partial charge in [0, 0.05) is 11.1 Å². The average Bonchev–Trinajstić information content (AvgIpc) is 3.28. The number of nitrogens with zero attached hydrogens (tertiary/aromatic N) is 3. The molecule has 0 aliphatic carbocycles. The van der Waals surface area contributed by atoms with Crippen molar-refractivity contribution in [3.8, 4) is 11.5 Å². The van der Waals surface area contributed by atoms with Crippen molar-refractivity contribution in [3.63, 3.8) is 0 Å². The molecule has 2 aliphatic rings. The third-order valence-electron chi connectivity index (χ3n) is 5.28. The lowest BCUT2D eigenvalue weighted by atomic mass is 10.00. The van der Waals surface area contributed by atoms with E-state index in [1.54, 1.807) is 4.90 Å². The van der Waals surface area contributed by atoms with Crippen LogP contribution in [0, 0.1) is 13.8 Å². The van der Waals surface area contributed by atoms with Crippen LogP contribution >= 0.6 is 0 Å². The molecular formula is C22H21N3O4. The van der Waals surface area contributed by atoms with Crippen molar-refractivity contribution in [1.29, 1.82) is 0 Å². The highest BCUT2D eigenvalue weighted by molar-refractivity contribution is 6.06. The maximum absolute atomic E-state index is 13.5.